The van der Waals surface area contributed by atoms with Crippen LogP contribution in [0.3, 0.4) is 0 Å². The van der Waals surface area contributed by atoms with E-state index >= 15 is 0 Å². The molecule has 5 nitrogen and oxygen atoms in total. The van der Waals surface area contributed by atoms with Crippen LogP contribution >= 0.6 is 0 Å². The predicted molar refractivity (Wildman–Crippen MR) is 90.9 cm³/mol. The van der Waals surface area contributed by atoms with Gasteiger partial charge in [-0.1, -0.05) is 30.3 Å². The van der Waals surface area contributed by atoms with Crippen molar-refractivity contribution in [3.05, 3.63) is 59.8 Å². The van der Waals surface area contributed by atoms with Gasteiger partial charge in [0.15, 0.2) is 0 Å². The summed E-state index contributed by atoms with van der Waals surface area (Å²) in [5.74, 6) is 0.436. The summed E-state index contributed by atoms with van der Waals surface area (Å²) in [4.78, 5) is 18.9. The molecule has 0 radical (unpaired) electrons. The first-order valence-electron chi connectivity index (χ1n) is 8.09. The third kappa shape index (κ3) is 3.74. The minimum absolute atomic E-state index is 0.0183. The van der Waals surface area contributed by atoms with Gasteiger partial charge in [-0.25, -0.2) is 4.98 Å². The molecular weight excluding hydrogens is 304 g/mol. The highest BCUT2D eigenvalue weighted by atomic mass is 16.5. The Balaban J connectivity index is 1.71. The zero-order valence-electron chi connectivity index (χ0n) is 14.1. The minimum Gasteiger partial charge on any atom is -0.473 e. The van der Waals surface area contributed by atoms with Crippen molar-refractivity contribution in [2.45, 2.75) is 26.0 Å². The molecule has 1 aliphatic rings. The summed E-state index contributed by atoms with van der Waals surface area (Å²) in [7, 11) is 0. The lowest BCUT2D eigenvalue weighted by molar-refractivity contribution is -0.0370. The maximum Gasteiger partial charge on any atom is 0.254 e. The number of pyridine rings is 1. The second-order valence-corrected chi connectivity index (χ2v) is 6.48. The molecule has 0 aliphatic carbocycles. The third-order valence-corrected chi connectivity index (χ3v) is 4.10. The van der Waals surface area contributed by atoms with Gasteiger partial charge in [0.05, 0.1) is 18.8 Å². The topological polar surface area (TPSA) is 51.7 Å². The number of amides is 1. The van der Waals surface area contributed by atoms with Gasteiger partial charge in [0, 0.05) is 24.4 Å². The van der Waals surface area contributed by atoms with Crippen molar-refractivity contribution in [2.75, 3.05) is 19.8 Å². The first-order valence-corrected chi connectivity index (χ1v) is 8.09. The maximum atomic E-state index is 12.8. The Morgan fingerprint density at radius 1 is 1.29 bits per heavy atom. The number of morpholine rings is 1. The average Bonchev–Trinajstić information content (AvgIpc) is 2.60. The number of rotatable bonds is 4. The Hall–Kier alpha value is -2.40. The van der Waals surface area contributed by atoms with Crippen LogP contribution in [0.4, 0.5) is 0 Å². The van der Waals surface area contributed by atoms with Gasteiger partial charge in [-0.05, 0) is 25.5 Å². The highest BCUT2D eigenvalue weighted by Gasteiger charge is 2.34. The van der Waals surface area contributed by atoms with Crippen LogP contribution in [-0.4, -0.2) is 41.1 Å². The Bertz CT molecular complexity index is 701. The first kappa shape index (κ1) is 16.5. The van der Waals surface area contributed by atoms with Gasteiger partial charge in [-0.3, -0.25) is 4.79 Å². The van der Waals surface area contributed by atoms with Crippen molar-refractivity contribution < 1.29 is 14.3 Å². The Labute approximate surface area is 142 Å². The van der Waals surface area contributed by atoms with Crippen LogP contribution < -0.4 is 4.74 Å². The molecule has 3 rings (SSSR count). The number of aromatic nitrogens is 1. The summed E-state index contributed by atoms with van der Waals surface area (Å²) in [5, 5.41) is 0. The van der Waals surface area contributed by atoms with Crippen LogP contribution in [0.15, 0.2) is 48.7 Å². The monoisotopic (exact) mass is 326 g/mol. The number of nitrogens with zero attached hydrogens (tertiary/aromatic N) is 2. The van der Waals surface area contributed by atoms with Crippen molar-refractivity contribution in [1.29, 1.82) is 0 Å². The van der Waals surface area contributed by atoms with Crippen LogP contribution in [0, 0.1) is 0 Å². The van der Waals surface area contributed by atoms with E-state index < -0.39 is 0 Å². The quantitative estimate of drug-likeness (QED) is 0.867. The number of ether oxygens (including phenoxy) is 2. The second-order valence-electron chi connectivity index (χ2n) is 6.48. The van der Waals surface area contributed by atoms with E-state index in [-0.39, 0.29) is 11.4 Å². The van der Waals surface area contributed by atoms with Gasteiger partial charge < -0.3 is 14.4 Å². The van der Waals surface area contributed by atoms with Crippen molar-refractivity contribution in [1.82, 2.24) is 9.88 Å². The van der Waals surface area contributed by atoms with Gasteiger partial charge in [0.2, 0.25) is 5.88 Å². The molecular formula is C19H22N2O3. The Morgan fingerprint density at radius 3 is 2.83 bits per heavy atom. The summed E-state index contributed by atoms with van der Waals surface area (Å²) in [6, 6.07) is 13.3. The van der Waals surface area contributed by atoms with Crippen LogP contribution in [0.2, 0.25) is 0 Å². The van der Waals surface area contributed by atoms with Gasteiger partial charge in [0.1, 0.15) is 6.61 Å². The molecule has 5 heteroatoms. The summed E-state index contributed by atoms with van der Waals surface area (Å²) in [5.41, 5.74) is 1.33. The number of carbonyl (C=O) groups is 1. The van der Waals surface area contributed by atoms with E-state index in [4.69, 9.17) is 9.47 Å². The molecule has 2 aromatic rings. The van der Waals surface area contributed by atoms with Gasteiger partial charge in [-0.2, -0.15) is 0 Å². The summed E-state index contributed by atoms with van der Waals surface area (Å²) >= 11 is 0. The maximum absolute atomic E-state index is 12.8. The van der Waals surface area contributed by atoms with Crippen molar-refractivity contribution in [3.63, 3.8) is 0 Å². The molecule has 2 heterocycles. The average molecular weight is 326 g/mol. The lowest BCUT2D eigenvalue weighted by Gasteiger charge is -2.42. The van der Waals surface area contributed by atoms with E-state index in [1.54, 1.807) is 18.3 Å². The fraction of sp³-hybridized carbons (Fsp3) is 0.368. The normalized spacial score (nSPS) is 16.7. The Kier molecular flexibility index (Phi) is 4.81. The number of hydrogen-bond acceptors (Lipinski definition) is 4. The van der Waals surface area contributed by atoms with Gasteiger partial charge >= 0.3 is 0 Å². The van der Waals surface area contributed by atoms with Crippen molar-refractivity contribution in [2.24, 2.45) is 0 Å². The molecule has 0 bridgehead atoms. The van der Waals surface area contributed by atoms with Crippen LogP contribution in [0.5, 0.6) is 5.88 Å². The molecule has 1 saturated heterocycles. The van der Waals surface area contributed by atoms with Gasteiger partial charge in [-0.15, -0.1) is 0 Å². The highest BCUT2D eigenvalue weighted by molar-refractivity contribution is 5.95. The molecule has 1 fully saturated rings. The first-order chi connectivity index (χ1) is 11.6. The molecule has 1 amide bonds. The number of carbonyl (C=O) groups excluding carboxylic acids is 1. The van der Waals surface area contributed by atoms with E-state index in [1.165, 1.54) is 0 Å². The smallest absolute Gasteiger partial charge is 0.254 e. The Morgan fingerprint density at radius 2 is 2.08 bits per heavy atom. The van der Waals surface area contributed by atoms with Crippen LogP contribution in [0.1, 0.15) is 29.8 Å². The predicted octanol–water partition coefficient (Wildman–Crippen LogP) is 2.91. The van der Waals surface area contributed by atoms with E-state index in [1.807, 2.05) is 49.1 Å². The summed E-state index contributed by atoms with van der Waals surface area (Å²) in [6.45, 7) is 6.15. The standard InChI is InChI=1S/C19H22N2O3/c1-19(2)14-23-11-10-21(19)18(22)16-8-9-20-17(12-16)24-13-15-6-4-3-5-7-15/h3-9,12H,10-11,13-14H2,1-2H3. The second kappa shape index (κ2) is 7.01. The molecule has 1 aliphatic heterocycles. The molecule has 1 aromatic heterocycles. The molecule has 0 spiro atoms. The SMILES string of the molecule is CC1(C)COCCN1C(=O)c1ccnc(OCc2ccccc2)c1. The lowest BCUT2D eigenvalue weighted by atomic mass is 10.0. The summed E-state index contributed by atoms with van der Waals surface area (Å²) < 4.78 is 11.2. The lowest BCUT2D eigenvalue weighted by Crippen LogP contribution is -2.55. The van der Waals surface area contributed by atoms with Crippen molar-refractivity contribution >= 4 is 5.91 Å². The number of hydrogen-bond donors (Lipinski definition) is 0. The zero-order valence-corrected chi connectivity index (χ0v) is 14.1. The highest BCUT2D eigenvalue weighted by Crippen LogP contribution is 2.22. The fourth-order valence-electron chi connectivity index (χ4n) is 2.74. The molecule has 0 unspecified atom stereocenters. The third-order valence-electron chi connectivity index (χ3n) is 4.10. The summed E-state index contributed by atoms with van der Waals surface area (Å²) in [6.07, 6.45) is 1.61. The van der Waals surface area contributed by atoms with E-state index in [9.17, 15) is 4.79 Å². The molecule has 0 N–H and O–H groups in total. The molecule has 24 heavy (non-hydrogen) atoms. The number of benzene rings is 1. The fourth-order valence-corrected chi connectivity index (χ4v) is 2.74. The molecule has 1 aromatic carbocycles. The molecule has 126 valence electrons. The van der Waals surface area contributed by atoms with E-state index in [0.717, 1.165) is 5.56 Å². The zero-order chi connectivity index (χ0) is 17.0. The largest absolute Gasteiger partial charge is 0.473 e. The molecule has 0 saturated carbocycles. The van der Waals surface area contributed by atoms with Crippen LogP contribution in [0.25, 0.3) is 0 Å². The van der Waals surface area contributed by atoms with E-state index in [2.05, 4.69) is 4.98 Å². The molecule has 0 atom stereocenters. The minimum atomic E-state index is -0.316. The van der Waals surface area contributed by atoms with Crippen molar-refractivity contribution in [3.8, 4) is 5.88 Å². The van der Waals surface area contributed by atoms with E-state index in [0.29, 0.717) is 37.8 Å². The van der Waals surface area contributed by atoms with Crippen LogP contribution in [-0.2, 0) is 11.3 Å². The van der Waals surface area contributed by atoms with Gasteiger partial charge in [0.25, 0.3) is 5.91 Å².